The van der Waals surface area contributed by atoms with Crippen LogP contribution in [0.4, 0.5) is 4.39 Å². The summed E-state index contributed by atoms with van der Waals surface area (Å²) in [6.07, 6.45) is 8.26. The second kappa shape index (κ2) is 8.38. The van der Waals surface area contributed by atoms with Crippen molar-refractivity contribution < 1.29 is 4.39 Å². The molecule has 3 heteroatoms. The van der Waals surface area contributed by atoms with Crippen molar-refractivity contribution in [2.24, 2.45) is 5.92 Å². The monoisotopic (exact) mass is 280 g/mol. The number of hydrogen-bond donors (Lipinski definition) is 1. The van der Waals surface area contributed by atoms with E-state index in [2.05, 4.69) is 43.1 Å². The van der Waals surface area contributed by atoms with E-state index in [1.165, 1.54) is 11.1 Å². The fourth-order valence-electron chi connectivity index (χ4n) is 2.73. The van der Waals surface area contributed by atoms with Crippen LogP contribution >= 0.6 is 0 Å². The van der Waals surface area contributed by atoms with E-state index in [0.717, 1.165) is 19.5 Å². The van der Waals surface area contributed by atoms with Crippen molar-refractivity contribution in [2.45, 2.75) is 46.5 Å². The molecule has 0 fully saturated rings. The Morgan fingerprint density at radius 1 is 1.25 bits per heavy atom. The number of alkyl halides is 1. The van der Waals surface area contributed by atoms with Crippen molar-refractivity contribution in [2.75, 3.05) is 20.1 Å². The van der Waals surface area contributed by atoms with E-state index >= 15 is 0 Å². The number of halogens is 1. The number of likely N-dealkylation sites (N-methyl/N-ethyl adjacent to an activating group) is 1. The molecule has 1 heterocycles. The summed E-state index contributed by atoms with van der Waals surface area (Å²) in [5.41, 5.74) is 2.99. The zero-order valence-corrected chi connectivity index (χ0v) is 13.5. The molecule has 0 aromatic carbocycles. The van der Waals surface area contributed by atoms with Gasteiger partial charge in [0, 0.05) is 13.1 Å². The smallest absolute Gasteiger partial charge is 0.116 e. The van der Waals surface area contributed by atoms with E-state index in [9.17, 15) is 4.39 Å². The summed E-state index contributed by atoms with van der Waals surface area (Å²) in [5.74, 6) is 0.583. The third kappa shape index (κ3) is 5.22. The summed E-state index contributed by atoms with van der Waals surface area (Å²) in [7, 11) is 1.92. The SMILES string of the molecule is C/C=C\C(C)CC1=C(C)CN(C(/C=C\C(C)F)NC)C1. The van der Waals surface area contributed by atoms with Crippen LogP contribution in [0.3, 0.4) is 0 Å². The summed E-state index contributed by atoms with van der Waals surface area (Å²) < 4.78 is 12.9. The van der Waals surface area contributed by atoms with Gasteiger partial charge in [-0.3, -0.25) is 4.90 Å². The standard InChI is InChI=1S/C17H29FN2/c1-6-7-13(2)10-16-12-20(11-14(16)3)17(19-5)9-8-15(4)18/h6-9,13,15,17,19H,10-12H2,1-5H3/b7-6-,9-8-. The highest BCUT2D eigenvalue weighted by Gasteiger charge is 2.24. The first kappa shape index (κ1) is 17.1. The molecule has 0 radical (unpaired) electrons. The summed E-state index contributed by atoms with van der Waals surface area (Å²) in [5, 5.41) is 3.25. The molecule has 0 amide bonds. The molecule has 2 nitrogen and oxygen atoms in total. The first-order chi connectivity index (χ1) is 9.47. The Hall–Kier alpha value is -0.930. The van der Waals surface area contributed by atoms with Crippen molar-refractivity contribution in [3.05, 3.63) is 35.5 Å². The molecule has 114 valence electrons. The molecule has 3 unspecified atom stereocenters. The predicted molar refractivity (Wildman–Crippen MR) is 85.4 cm³/mol. The Labute approximate surface area is 123 Å². The minimum Gasteiger partial charge on any atom is -0.302 e. The second-order valence-electron chi connectivity index (χ2n) is 5.79. The average Bonchev–Trinajstić information content (AvgIpc) is 2.71. The number of rotatable bonds is 7. The van der Waals surface area contributed by atoms with Gasteiger partial charge in [0.25, 0.3) is 0 Å². The van der Waals surface area contributed by atoms with Crippen molar-refractivity contribution >= 4 is 0 Å². The lowest BCUT2D eigenvalue weighted by Crippen LogP contribution is -2.41. The maximum absolute atomic E-state index is 12.9. The van der Waals surface area contributed by atoms with Crippen LogP contribution in [0.2, 0.25) is 0 Å². The van der Waals surface area contributed by atoms with E-state index in [0.29, 0.717) is 5.92 Å². The normalized spacial score (nSPS) is 22.1. The van der Waals surface area contributed by atoms with Gasteiger partial charge >= 0.3 is 0 Å². The van der Waals surface area contributed by atoms with Gasteiger partial charge in [0.1, 0.15) is 6.17 Å². The third-order valence-electron chi connectivity index (χ3n) is 3.77. The Kier molecular flexibility index (Phi) is 7.17. The van der Waals surface area contributed by atoms with Gasteiger partial charge in [-0.2, -0.15) is 0 Å². The molecule has 0 saturated carbocycles. The fraction of sp³-hybridized carbons (Fsp3) is 0.647. The minimum atomic E-state index is -0.892. The van der Waals surface area contributed by atoms with Crippen LogP contribution in [0, 0.1) is 5.92 Å². The predicted octanol–water partition coefficient (Wildman–Crippen LogP) is 3.68. The van der Waals surface area contributed by atoms with E-state index in [1.807, 2.05) is 13.1 Å². The minimum absolute atomic E-state index is 0.109. The summed E-state index contributed by atoms with van der Waals surface area (Å²) in [6, 6.07) is 0. The van der Waals surface area contributed by atoms with Gasteiger partial charge in [-0.1, -0.05) is 42.4 Å². The molecule has 1 N–H and O–H groups in total. The van der Waals surface area contributed by atoms with Crippen LogP contribution in [-0.4, -0.2) is 37.4 Å². The highest BCUT2D eigenvalue weighted by Crippen LogP contribution is 2.25. The Morgan fingerprint density at radius 2 is 1.95 bits per heavy atom. The lowest BCUT2D eigenvalue weighted by atomic mass is 9.99. The molecule has 0 bridgehead atoms. The second-order valence-corrected chi connectivity index (χ2v) is 5.79. The topological polar surface area (TPSA) is 15.3 Å². The van der Waals surface area contributed by atoms with Crippen molar-refractivity contribution in [1.82, 2.24) is 10.2 Å². The van der Waals surface area contributed by atoms with Crippen molar-refractivity contribution in [1.29, 1.82) is 0 Å². The van der Waals surface area contributed by atoms with Crippen LogP contribution in [0.5, 0.6) is 0 Å². The average molecular weight is 280 g/mol. The molecule has 0 aliphatic carbocycles. The number of nitrogens with one attached hydrogen (secondary N) is 1. The highest BCUT2D eigenvalue weighted by molar-refractivity contribution is 5.23. The van der Waals surface area contributed by atoms with Gasteiger partial charge < -0.3 is 5.32 Å². The van der Waals surface area contributed by atoms with Crippen LogP contribution in [-0.2, 0) is 0 Å². The molecule has 1 aliphatic heterocycles. The molecule has 20 heavy (non-hydrogen) atoms. The zero-order valence-electron chi connectivity index (χ0n) is 13.5. The molecule has 3 atom stereocenters. The number of allylic oxidation sites excluding steroid dienone is 3. The molecule has 0 aromatic heterocycles. The number of hydrogen-bond acceptors (Lipinski definition) is 2. The maximum atomic E-state index is 12.9. The van der Waals surface area contributed by atoms with Gasteiger partial charge in [-0.15, -0.1) is 0 Å². The van der Waals surface area contributed by atoms with Crippen LogP contribution in [0.15, 0.2) is 35.5 Å². The van der Waals surface area contributed by atoms with Crippen molar-refractivity contribution in [3.63, 3.8) is 0 Å². The van der Waals surface area contributed by atoms with E-state index in [1.54, 1.807) is 13.0 Å². The van der Waals surface area contributed by atoms with E-state index < -0.39 is 6.17 Å². The largest absolute Gasteiger partial charge is 0.302 e. The Bertz CT molecular complexity index is 382. The maximum Gasteiger partial charge on any atom is 0.116 e. The quantitative estimate of drug-likeness (QED) is 0.716. The lowest BCUT2D eigenvalue weighted by Gasteiger charge is -2.25. The van der Waals surface area contributed by atoms with Crippen LogP contribution in [0.25, 0.3) is 0 Å². The fourth-order valence-corrected chi connectivity index (χ4v) is 2.73. The van der Waals surface area contributed by atoms with Gasteiger partial charge in [0.2, 0.25) is 0 Å². The summed E-state index contributed by atoms with van der Waals surface area (Å²) >= 11 is 0. The molecule has 0 saturated heterocycles. The Morgan fingerprint density at radius 3 is 2.50 bits per heavy atom. The first-order valence-electron chi connectivity index (χ1n) is 7.52. The molecule has 1 aliphatic rings. The van der Waals surface area contributed by atoms with Crippen molar-refractivity contribution in [3.8, 4) is 0 Å². The summed E-state index contributed by atoms with van der Waals surface area (Å²) in [4.78, 5) is 2.35. The Balaban J connectivity index is 2.62. The molecular weight excluding hydrogens is 251 g/mol. The summed E-state index contributed by atoms with van der Waals surface area (Å²) in [6.45, 7) is 10.0. The van der Waals surface area contributed by atoms with Crippen LogP contribution < -0.4 is 5.32 Å². The molecule has 0 aromatic rings. The van der Waals surface area contributed by atoms with E-state index in [4.69, 9.17) is 0 Å². The molecule has 1 rings (SSSR count). The first-order valence-corrected chi connectivity index (χ1v) is 7.52. The number of nitrogens with zero attached hydrogens (tertiary/aromatic N) is 1. The third-order valence-corrected chi connectivity index (χ3v) is 3.77. The van der Waals surface area contributed by atoms with Gasteiger partial charge in [-0.25, -0.2) is 4.39 Å². The van der Waals surface area contributed by atoms with Gasteiger partial charge in [-0.05, 0) is 40.2 Å². The zero-order chi connectivity index (χ0) is 15.1. The lowest BCUT2D eigenvalue weighted by molar-refractivity contribution is 0.258. The van der Waals surface area contributed by atoms with Gasteiger partial charge in [0.05, 0.1) is 6.17 Å². The van der Waals surface area contributed by atoms with E-state index in [-0.39, 0.29) is 6.17 Å². The molecular formula is C17H29FN2. The van der Waals surface area contributed by atoms with Crippen LogP contribution in [0.1, 0.15) is 34.1 Å². The highest BCUT2D eigenvalue weighted by atomic mass is 19.1. The van der Waals surface area contributed by atoms with Gasteiger partial charge in [0.15, 0.2) is 0 Å². The molecule has 0 spiro atoms.